The van der Waals surface area contributed by atoms with Crippen molar-refractivity contribution in [1.82, 2.24) is 0 Å². The molecule has 1 saturated carbocycles. The van der Waals surface area contributed by atoms with Gasteiger partial charge < -0.3 is 0 Å². The highest BCUT2D eigenvalue weighted by Gasteiger charge is 2.46. The van der Waals surface area contributed by atoms with Crippen molar-refractivity contribution in [3.63, 3.8) is 0 Å². The molecule has 0 saturated heterocycles. The lowest BCUT2D eigenvalue weighted by Crippen LogP contribution is -2.04. The lowest BCUT2D eigenvalue weighted by atomic mass is 9.98. The molecule has 0 radical (unpaired) electrons. The molecule has 0 N–H and O–H groups in total. The Kier molecular flexibility index (Phi) is 1.88. The third-order valence-electron chi connectivity index (χ3n) is 2.43. The third-order valence-corrected chi connectivity index (χ3v) is 3.24. The van der Waals surface area contributed by atoms with E-state index in [2.05, 4.69) is 22.0 Å². The fourth-order valence-electron chi connectivity index (χ4n) is 1.44. The normalized spacial score (nSPS) is 17.9. The fourth-order valence-corrected chi connectivity index (χ4v) is 2.08. The van der Waals surface area contributed by atoms with Gasteiger partial charge in [0.25, 0.3) is 0 Å². The zero-order valence-electron chi connectivity index (χ0n) is 6.85. The maximum absolute atomic E-state index is 13.1. The molecule has 1 aliphatic rings. The van der Waals surface area contributed by atoms with Crippen LogP contribution < -0.4 is 0 Å². The molecule has 1 aromatic rings. The van der Waals surface area contributed by atoms with Gasteiger partial charge in [-0.25, -0.2) is 4.39 Å². The molecule has 1 fully saturated rings. The Morgan fingerprint density at radius 3 is 2.69 bits per heavy atom. The molecule has 66 valence electrons. The molecule has 13 heavy (non-hydrogen) atoms. The molecule has 0 aliphatic heterocycles. The Labute approximate surface area is 84.3 Å². The fraction of sp³-hybridized carbons (Fsp3) is 0.300. The quantitative estimate of drug-likeness (QED) is 0.739. The summed E-state index contributed by atoms with van der Waals surface area (Å²) in [6.45, 7) is 0. The van der Waals surface area contributed by atoms with Gasteiger partial charge in [0.15, 0.2) is 0 Å². The van der Waals surface area contributed by atoms with Crippen molar-refractivity contribution in [2.24, 2.45) is 0 Å². The van der Waals surface area contributed by atoms with Gasteiger partial charge in [0, 0.05) is 0 Å². The van der Waals surface area contributed by atoms with Crippen molar-refractivity contribution in [3.8, 4) is 6.07 Å². The van der Waals surface area contributed by atoms with Gasteiger partial charge in [0.2, 0.25) is 0 Å². The Hall–Kier alpha value is -0.880. The van der Waals surface area contributed by atoms with Crippen LogP contribution in [-0.4, -0.2) is 0 Å². The summed E-state index contributed by atoms with van der Waals surface area (Å²) in [4.78, 5) is 0. The molecule has 0 spiro atoms. The minimum atomic E-state index is -0.416. The van der Waals surface area contributed by atoms with Crippen LogP contribution in [0, 0.1) is 17.1 Å². The lowest BCUT2D eigenvalue weighted by molar-refractivity contribution is 0.616. The molecule has 0 aromatic heterocycles. The Morgan fingerprint density at radius 2 is 2.15 bits per heavy atom. The summed E-state index contributed by atoms with van der Waals surface area (Å²) >= 11 is 3.17. The van der Waals surface area contributed by atoms with Crippen molar-refractivity contribution >= 4 is 15.9 Å². The molecule has 1 aliphatic carbocycles. The van der Waals surface area contributed by atoms with E-state index in [0.29, 0.717) is 4.47 Å². The van der Waals surface area contributed by atoms with Gasteiger partial charge in [-0.2, -0.15) is 5.26 Å². The molecule has 0 unspecified atom stereocenters. The zero-order valence-corrected chi connectivity index (χ0v) is 8.44. The molecule has 2 rings (SSSR count). The van der Waals surface area contributed by atoms with E-state index in [4.69, 9.17) is 5.26 Å². The molecule has 0 bridgehead atoms. The zero-order chi connectivity index (χ0) is 9.47. The van der Waals surface area contributed by atoms with Crippen LogP contribution in [0.1, 0.15) is 18.4 Å². The summed E-state index contributed by atoms with van der Waals surface area (Å²) < 4.78 is 13.6. The first kappa shape index (κ1) is 8.71. The van der Waals surface area contributed by atoms with Gasteiger partial charge in [-0.1, -0.05) is 12.1 Å². The van der Waals surface area contributed by atoms with Crippen LogP contribution in [0.15, 0.2) is 22.7 Å². The van der Waals surface area contributed by atoms with Crippen molar-refractivity contribution in [1.29, 1.82) is 5.26 Å². The number of rotatable bonds is 1. The van der Waals surface area contributed by atoms with E-state index in [-0.39, 0.29) is 5.82 Å². The first-order valence-electron chi connectivity index (χ1n) is 4.05. The largest absolute Gasteiger partial charge is 0.206 e. The maximum atomic E-state index is 13.1. The first-order valence-corrected chi connectivity index (χ1v) is 4.85. The topological polar surface area (TPSA) is 23.8 Å². The summed E-state index contributed by atoms with van der Waals surface area (Å²) in [7, 11) is 0. The molecule has 0 heterocycles. The van der Waals surface area contributed by atoms with Crippen LogP contribution in [0.3, 0.4) is 0 Å². The summed E-state index contributed by atoms with van der Waals surface area (Å²) in [6.07, 6.45) is 1.68. The predicted molar refractivity (Wildman–Crippen MR) is 50.6 cm³/mol. The minimum absolute atomic E-state index is 0.293. The highest BCUT2D eigenvalue weighted by molar-refractivity contribution is 9.10. The second-order valence-corrected chi connectivity index (χ2v) is 4.09. The van der Waals surface area contributed by atoms with Crippen LogP contribution in [0.25, 0.3) is 0 Å². The van der Waals surface area contributed by atoms with Crippen molar-refractivity contribution in [2.75, 3.05) is 0 Å². The molecule has 0 amide bonds. The van der Waals surface area contributed by atoms with Gasteiger partial charge in [0.1, 0.15) is 5.82 Å². The minimum Gasteiger partial charge on any atom is -0.206 e. The summed E-state index contributed by atoms with van der Waals surface area (Å²) in [5, 5.41) is 8.93. The number of hydrogen-bond acceptors (Lipinski definition) is 1. The van der Waals surface area contributed by atoms with Crippen LogP contribution in [0.2, 0.25) is 0 Å². The first-order chi connectivity index (χ1) is 6.19. The Morgan fingerprint density at radius 1 is 1.46 bits per heavy atom. The second-order valence-electron chi connectivity index (χ2n) is 3.30. The van der Waals surface area contributed by atoms with Crippen LogP contribution in [-0.2, 0) is 5.41 Å². The number of halogens is 2. The maximum Gasteiger partial charge on any atom is 0.137 e. The smallest absolute Gasteiger partial charge is 0.137 e. The van der Waals surface area contributed by atoms with Gasteiger partial charge in [0.05, 0.1) is 16.0 Å². The molecular weight excluding hydrogens is 233 g/mol. The standard InChI is InChI=1S/C10H7BrFN/c11-9-7(2-1-3-8(9)12)10(6-13)4-5-10/h1-3H,4-5H2. The lowest BCUT2D eigenvalue weighted by Gasteiger charge is -2.08. The van der Waals surface area contributed by atoms with Crippen LogP contribution in [0.5, 0.6) is 0 Å². The van der Waals surface area contributed by atoms with E-state index >= 15 is 0 Å². The number of nitriles is 1. The van der Waals surface area contributed by atoms with E-state index in [9.17, 15) is 4.39 Å². The number of benzene rings is 1. The third kappa shape index (κ3) is 1.26. The van der Waals surface area contributed by atoms with E-state index in [1.165, 1.54) is 6.07 Å². The van der Waals surface area contributed by atoms with Gasteiger partial charge in [-0.3, -0.25) is 0 Å². The van der Waals surface area contributed by atoms with E-state index < -0.39 is 5.41 Å². The Balaban J connectivity index is 2.54. The molecule has 0 atom stereocenters. The van der Waals surface area contributed by atoms with Gasteiger partial charge in [-0.05, 0) is 40.4 Å². The number of nitrogens with zero attached hydrogens (tertiary/aromatic N) is 1. The van der Waals surface area contributed by atoms with E-state index in [1.54, 1.807) is 6.07 Å². The summed E-state index contributed by atoms with van der Waals surface area (Å²) in [5.74, 6) is -0.293. The highest BCUT2D eigenvalue weighted by Crippen LogP contribution is 2.50. The Bertz CT molecular complexity index is 390. The second kappa shape index (κ2) is 2.81. The summed E-state index contributed by atoms with van der Waals surface area (Å²) in [6, 6.07) is 7.08. The van der Waals surface area contributed by atoms with Gasteiger partial charge in [-0.15, -0.1) is 0 Å². The van der Waals surface area contributed by atoms with E-state index in [0.717, 1.165) is 18.4 Å². The van der Waals surface area contributed by atoms with Crippen LogP contribution in [0.4, 0.5) is 4.39 Å². The average molecular weight is 240 g/mol. The number of hydrogen-bond donors (Lipinski definition) is 0. The van der Waals surface area contributed by atoms with Crippen molar-refractivity contribution in [3.05, 3.63) is 34.1 Å². The average Bonchev–Trinajstić information content (AvgIpc) is 2.90. The van der Waals surface area contributed by atoms with Crippen molar-refractivity contribution in [2.45, 2.75) is 18.3 Å². The molecule has 3 heteroatoms. The SMILES string of the molecule is N#CC1(c2cccc(F)c2Br)CC1. The molecular formula is C10H7BrFN. The molecule has 1 aromatic carbocycles. The predicted octanol–water partition coefficient (Wildman–Crippen LogP) is 3.14. The van der Waals surface area contributed by atoms with Gasteiger partial charge >= 0.3 is 0 Å². The highest BCUT2D eigenvalue weighted by atomic mass is 79.9. The van der Waals surface area contributed by atoms with Crippen LogP contribution >= 0.6 is 15.9 Å². The van der Waals surface area contributed by atoms with E-state index in [1.807, 2.05) is 6.07 Å². The van der Waals surface area contributed by atoms with Crippen molar-refractivity contribution < 1.29 is 4.39 Å². The monoisotopic (exact) mass is 239 g/mol. The summed E-state index contributed by atoms with van der Waals surface area (Å²) in [5.41, 5.74) is 0.371. The molecule has 1 nitrogen and oxygen atoms in total.